The lowest BCUT2D eigenvalue weighted by molar-refractivity contribution is 0.470. The van der Waals surface area contributed by atoms with Crippen LogP contribution in [0.4, 0.5) is 0 Å². The predicted octanol–water partition coefficient (Wildman–Crippen LogP) is 2.96. The molecular weight excluding hydrogens is 216 g/mol. The van der Waals surface area contributed by atoms with Crippen LogP contribution >= 0.6 is 0 Å². The summed E-state index contributed by atoms with van der Waals surface area (Å²) in [5.74, 6) is 0.135. The number of aromatic hydroxyl groups is 1. The molecule has 0 saturated carbocycles. The maximum atomic E-state index is 12.2. The van der Waals surface area contributed by atoms with Crippen LogP contribution in [-0.2, 0) is 0 Å². The number of phenols is 1. The van der Waals surface area contributed by atoms with Crippen LogP contribution in [0.3, 0.4) is 0 Å². The zero-order chi connectivity index (χ0) is 12.0. The molecule has 0 aliphatic heterocycles. The molecule has 0 unspecified atom stereocenters. The number of para-hydroxylation sites is 1. The van der Waals surface area contributed by atoms with E-state index in [0.29, 0.717) is 27.5 Å². The quantitative estimate of drug-likeness (QED) is 0.599. The number of hydrogen-bond donors (Lipinski definition) is 1. The Hall–Kier alpha value is -2.29. The van der Waals surface area contributed by atoms with E-state index in [0.717, 1.165) is 0 Å². The molecule has 1 aromatic heterocycles. The van der Waals surface area contributed by atoms with Crippen molar-refractivity contribution in [1.29, 1.82) is 0 Å². The highest BCUT2D eigenvalue weighted by Gasteiger charge is 2.10. The van der Waals surface area contributed by atoms with Gasteiger partial charge in [-0.1, -0.05) is 12.1 Å². The average molecular weight is 226 g/mol. The van der Waals surface area contributed by atoms with Crippen LogP contribution in [0.1, 0.15) is 5.56 Å². The summed E-state index contributed by atoms with van der Waals surface area (Å²) in [6.07, 6.45) is 0. The minimum Gasteiger partial charge on any atom is -0.508 e. The van der Waals surface area contributed by atoms with Crippen LogP contribution < -0.4 is 5.43 Å². The van der Waals surface area contributed by atoms with E-state index in [1.54, 1.807) is 31.2 Å². The number of hydrogen-bond acceptors (Lipinski definition) is 3. The summed E-state index contributed by atoms with van der Waals surface area (Å²) < 4.78 is 5.68. The monoisotopic (exact) mass is 226 g/mol. The van der Waals surface area contributed by atoms with Crippen molar-refractivity contribution in [2.45, 2.75) is 6.92 Å². The molecule has 3 aromatic rings. The number of benzene rings is 2. The predicted molar refractivity (Wildman–Crippen MR) is 66.4 cm³/mol. The van der Waals surface area contributed by atoms with Crippen molar-refractivity contribution in [2.24, 2.45) is 0 Å². The van der Waals surface area contributed by atoms with E-state index in [1.165, 1.54) is 6.07 Å². The number of phenolic OH excluding ortho intramolecular Hbond substituents is 1. The Morgan fingerprint density at radius 3 is 2.65 bits per heavy atom. The Labute approximate surface area is 96.9 Å². The van der Waals surface area contributed by atoms with Gasteiger partial charge in [0.25, 0.3) is 0 Å². The number of rotatable bonds is 0. The van der Waals surface area contributed by atoms with Crippen LogP contribution in [0.5, 0.6) is 5.75 Å². The lowest BCUT2D eigenvalue weighted by Crippen LogP contribution is -2.02. The molecule has 0 saturated heterocycles. The maximum Gasteiger partial charge on any atom is 0.200 e. The van der Waals surface area contributed by atoms with Gasteiger partial charge in [-0.05, 0) is 31.2 Å². The van der Waals surface area contributed by atoms with Crippen molar-refractivity contribution in [3.05, 3.63) is 52.2 Å². The largest absolute Gasteiger partial charge is 0.508 e. The highest BCUT2D eigenvalue weighted by atomic mass is 16.3. The molecule has 0 fully saturated rings. The molecule has 0 amide bonds. The van der Waals surface area contributed by atoms with Gasteiger partial charge in [0.15, 0.2) is 0 Å². The molecular formula is C14H10O3. The molecule has 2 aromatic carbocycles. The van der Waals surface area contributed by atoms with Gasteiger partial charge in [0, 0.05) is 5.56 Å². The van der Waals surface area contributed by atoms with Crippen LogP contribution in [0.15, 0.2) is 45.6 Å². The standard InChI is InChI=1S/C14H10O3/c1-8-11(15)7-6-10-13(16)9-4-2-3-5-12(9)17-14(8)10/h2-7,15H,1H3. The van der Waals surface area contributed by atoms with Crippen molar-refractivity contribution < 1.29 is 9.52 Å². The van der Waals surface area contributed by atoms with Gasteiger partial charge in [-0.25, -0.2) is 0 Å². The Morgan fingerprint density at radius 2 is 1.82 bits per heavy atom. The second-order valence-corrected chi connectivity index (χ2v) is 4.01. The lowest BCUT2D eigenvalue weighted by atomic mass is 10.1. The third kappa shape index (κ3) is 1.32. The Morgan fingerprint density at radius 1 is 1.06 bits per heavy atom. The molecule has 1 heterocycles. The van der Waals surface area contributed by atoms with Crippen molar-refractivity contribution in [1.82, 2.24) is 0 Å². The summed E-state index contributed by atoms with van der Waals surface area (Å²) in [6, 6.07) is 10.2. The molecule has 0 bridgehead atoms. The molecule has 0 radical (unpaired) electrons. The van der Waals surface area contributed by atoms with E-state index in [1.807, 2.05) is 6.07 Å². The molecule has 0 spiro atoms. The Kier molecular flexibility index (Phi) is 1.95. The molecule has 3 heteroatoms. The first-order valence-electron chi connectivity index (χ1n) is 5.32. The van der Waals surface area contributed by atoms with Crippen LogP contribution in [0, 0.1) is 6.92 Å². The summed E-state index contributed by atoms with van der Waals surface area (Å²) in [5, 5.41) is 10.7. The van der Waals surface area contributed by atoms with Crippen LogP contribution in [0.25, 0.3) is 21.9 Å². The van der Waals surface area contributed by atoms with Gasteiger partial charge in [-0.2, -0.15) is 0 Å². The zero-order valence-electron chi connectivity index (χ0n) is 9.23. The Balaban J connectivity index is 2.64. The fourth-order valence-corrected chi connectivity index (χ4v) is 1.99. The Bertz CT molecular complexity index is 784. The highest BCUT2D eigenvalue weighted by Crippen LogP contribution is 2.26. The second-order valence-electron chi connectivity index (χ2n) is 4.01. The molecule has 3 nitrogen and oxygen atoms in total. The van der Waals surface area contributed by atoms with Crippen molar-refractivity contribution in [2.75, 3.05) is 0 Å². The van der Waals surface area contributed by atoms with Gasteiger partial charge >= 0.3 is 0 Å². The first-order chi connectivity index (χ1) is 8.18. The molecule has 0 aliphatic carbocycles. The van der Waals surface area contributed by atoms with E-state index >= 15 is 0 Å². The summed E-state index contributed by atoms with van der Waals surface area (Å²) in [4.78, 5) is 12.2. The van der Waals surface area contributed by atoms with Crippen molar-refractivity contribution >= 4 is 21.9 Å². The summed E-state index contributed by atoms with van der Waals surface area (Å²) in [5.41, 5.74) is 1.52. The zero-order valence-corrected chi connectivity index (χ0v) is 9.23. The van der Waals surface area contributed by atoms with Gasteiger partial charge < -0.3 is 9.52 Å². The fraction of sp³-hybridized carbons (Fsp3) is 0.0714. The van der Waals surface area contributed by atoms with E-state index in [9.17, 15) is 9.90 Å². The van der Waals surface area contributed by atoms with E-state index < -0.39 is 0 Å². The minimum atomic E-state index is -0.0649. The fourth-order valence-electron chi connectivity index (χ4n) is 1.99. The highest BCUT2D eigenvalue weighted by molar-refractivity contribution is 5.91. The second kappa shape index (κ2) is 3.35. The molecule has 17 heavy (non-hydrogen) atoms. The SMILES string of the molecule is Cc1c(O)ccc2c(=O)c3ccccc3oc12. The van der Waals surface area contributed by atoms with Crippen LogP contribution in [0.2, 0.25) is 0 Å². The molecule has 0 aliphatic rings. The summed E-state index contributed by atoms with van der Waals surface area (Å²) in [6.45, 7) is 1.73. The third-order valence-electron chi connectivity index (χ3n) is 2.97. The van der Waals surface area contributed by atoms with E-state index in [2.05, 4.69) is 0 Å². The topological polar surface area (TPSA) is 50.4 Å². The summed E-state index contributed by atoms with van der Waals surface area (Å²) in [7, 11) is 0. The first kappa shape index (κ1) is 9.90. The van der Waals surface area contributed by atoms with Gasteiger partial charge in [0.05, 0.1) is 10.8 Å². The number of aryl methyl sites for hydroxylation is 1. The van der Waals surface area contributed by atoms with E-state index in [-0.39, 0.29) is 11.2 Å². The van der Waals surface area contributed by atoms with E-state index in [4.69, 9.17) is 4.42 Å². The van der Waals surface area contributed by atoms with Gasteiger partial charge in [0.2, 0.25) is 5.43 Å². The molecule has 1 N–H and O–H groups in total. The normalized spacial score (nSPS) is 11.1. The maximum absolute atomic E-state index is 12.2. The summed E-state index contributed by atoms with van der Waals surface area (Å²) >= 11 is 0. The average Bonchev–Trinajstić information content (AvgIpc) is 2.35. The first-order valence-corrected chi connectivity index (χ1v) is 5.32. The van der Waals surface area contributed by atoms with Crippen molar-refractivity contribution in [3.63, 3.8) is 0 Å². The number of fused-ring (bicyclic) bond motifs is 2. The lowest BCUT2D eigenvalue weighted by Gasteiger charge is -2.04. The van der Waals surface area contributed by atoms with Gasteiger partial charge in [-0.3, -0.25) is 4.79 Å². The minimum absolute atomic E-state index is 0.0649. The third-order valence-corrected chi connectivity index (χ3v) is 2.97. The van der Waals surface area contributed by atoms with Gasteiger partial charge in [-0.15, -0.1) is 0 Å². The van der Waals surface area contributed by atoms with Crippen LogP contribution in [-0.4, -0.2) is 5.11 Å². The molecule has 3 rings (SSSR count). The van der Waals surface area contributed by atoms with Gasteiger partial charge in [0.1, 0.15) is 16.9 Å². The smallest absolute Gasteiger partial charge is 0.200 e. The molecule has 0 atom stereocenters. The molecule has 84 valence electrons. The van der Waals surface area contributed by atoms with Crippen molar-refractivity contribution in [3.8, 4) is 5.75 Å².